The molecule has 0 spiro atoms. The first-order valence-corrected chi connectivity index (χ1v) is 13.5. The van der Waals surface area contributed by atoms with Gasteiger partial charge >= 0.3 is 0 Å². The van der Waals surface area contributed by atoms with Crippen LogP contribution in [0.4, 0.5) is 5.69 Å². The molecule has 3 aromatic carbocycles. The van der Waals surface area contributed by atoms with Crippen LogP contribution in [0.2, 0.25) is 0 Å². The van der Waals surface area contributed by atoms with Crippen molar-refractivity contribution < 1.29 is 23.8 Å². The number of allylic oxidation sites excluding steroid dienone is 1. The Hall–Kier alpha value is -5.34. The van der Waals surface area contributed by atoms with Crippen molar-refractivity contribution in [1.82, 2.24) is 9.97 Å². The van der Waals surface area contributed by atoms with E-state index in [0.717, 1.165) is 17.3 Å². The van der Waals surface area contributed by atoms with Gasteiger partial charge in [0.15, 0.2) is 22.4 Å². The number of aromatic amines is 1. The lowest BCUT2D eigenvalue weighted by molar-refractivity contribution is -0.113. The smallest absolute Gasteiger partial charge is 0.270 e. The van der Waals surface area contributed by atoms with Crippen LogP contribution in [0.25, 0.3) is 17.3 Å². The average Bonchev–Trinajstić information content (AvgIpc) is 3.02. The number of hydrogen-bond donors (Lipinski definition) is 2. The third-order valence-corrected chi connectivity index (χ3v) is 6.85. The van der Waals surface area contributed by atoms with Crippen molar-refractivity contribution in [2.45, 2.75) is 5.16 Å². The van der Waals surface area contributed by atoms with E-state index in [1.54, 1.807) is 81.0 Å². The molecule has 1 heterocycles. The number of benzene rings is 3. The van der Waals surface area contributed by atoms with E-state index in [1.807, 2.05) is 12.1 Å². The molecule has 0 aliphatic heterocycles. The minimum Gasteiger partial charge on any atom is -0.497 e. The monoisotopic (exact) mass is 582 g/mol. The van der Waals surface area contributed by atoms with Crippen LogP contribution in [0.15, 0.2) is 82.8 Å². The van der Waals surface area contributed by atoms with Gasteiger partial charge in [-0.15, -0.1) is 0 Å². The Morgan fingerprint density at radius 2 is 1.76 bits per heavy atom. The molecule has 0 unspecified atom stereocenters. The second kappa shape index (κ2) is 13.8. The number of carbonyl (C=O) groups is 2. The maximum absolute atomic E-state index is 12.6. The fraction of sp³-hybridized carbons (Fsp3) is 0.129. The SMILES string of the molecule is COc1cccc(-c2nc(SCC(=O)Nc3ccc(C(=O)/C=C/c4ccc(OC)c(OC)c4)cc3)[nH]c(=O)c2C#N)c1. The summed E-state index contributed by atoms with van der Waals surface area (Å²) in [6.45, 7) is 0. The number of hydrogen-bond acceptors (Lipinski definition) is 9. The van der Waals surface area contributed by atoms with Crippen LogP contribution >= 0.6 is 11.8 Å². The van der Waals surface area contributed by atoms with Crippen molar-refractivity contribution in [2.75, 3.05) is 32.4 Å². The van der Waals surface area contributed by atoms with E-state index in [9.17, 15) is 19.6 Å². The number of ketones is 1. The standard InChI is InChI=1S/C31H26N4O6S/c1-39-23-6-4-5-21(16-23)29-24(17-32)30(38)35-31(34-29)42-18-28(37)33-22-11-9-20(10-12-22)25(36)13-7-19-8-14-26(40-2)27(15-19)41-3/h4-16H,18H2,1-3H3,(H,33,37)(H,34,35,38)/b13-7+. The van der Waals surface area contributed by atoms with E-state index in [1.165, 1.54) is 13.2 Å². The van der Waals surface area contributed by atoms with Gasteiger partial charge in [-0.25, -0.2) is 4.98 Å². The van der Waals surface area contributed by atoms with Gasteiger partial charge in [-0.1, -0.05) is 36.0 Å². The molecule has 2 N–H and O–H groups in total. The number of anilines is 1. The van der Waals surface area contributed by atoms with E-state index in [-0.39, 0.29) is 33.9 Å². The second-order valence-corrected chi connectivity index (χ2v) is 9.63. The first kappa shape index (κ1) is 29.6. The van der Waals surface area contributed by atoms with Crippen LogP contribution in [0, 0.1) is 11.3 Å². The summed E-state index contributed by atoms with van der Waals surface area (Å²) < 4.78 is 15.7. The molecule has 0 fully saturated rings. The molecule has 4 aromatic rings. The third kappa shape index (κ3) is 7.24. The Balaban J connectivity index is 1.38. The minimum absolute atomic E-state index is 0.0544. The summed E-state index contributed by atoms with van der Waals surface area (Å²) in [6, 6.07) is 20.6. The Labute approximate surface area is 246 Å². The van der Waals surface area contributed by atoms with Gasteiger partial charge in [-0.05, 0) is 60.2 Å². The van der Waals surface area contributed by atoms with Crippen molar-refractivity contribution in [3.63, 3.8) is 0 Å². The van der Waals surface area contributed by atoms with E-state index < -0.39 is 5.56 Å². The molecule has 1 aromatic heterocycles. The second-order valence-electron chi connectivity index (χ2n) is 8.66. The highest BCUT2D eigenvalue weighted by Gasteiger charge is 2.15. The number of H-pyrrole nitrogens is 1. The van der Waals surface area contributed by atoms with Gasteiger partial charge < -0.3 is 24.5 Å². The molecule has 11 heteroatoms. The van der Waals surface area contributed by atoms with Gasteiger partial charge in [-0.2, -0.15) is 5.26 Å². The summed E-state index contributed by atoms with van der Waals surface area (Å²) in [5, 5.41) is 12.4. The number of methoxy groups -OCH3 is 3. The quantitative estimate of drug-likeness (QED) is 0.109. The summed E-state index contributed by atoms with van der Waals surface area (Å²) in [5.74, 6) is 1.10. The Morgan fingerprint density at radius 1 is 1.00 bits per heavy atom. The molecule has 42 heavy (non-hydrogen) atoms. The fourth-order valence-electron chi connectivity index (χ4n) is 3.88. The number of nitrogens with zero attached hydrogens (tertiary/aromatic N) is 2. The summed E-state index contributed by atoms with van der Waals surface area (Å²) >= 11 is 1.02. The summed E-state index contributed by atoms with van der Waals surface area (Å²) in [5.41, 5.74) is 1.72. The minimum atomic E-state index is -0.603. The zero-order valence-corrected chi connectivity index (χ0v) is 23.8. The predicted octanol–water partition coefficient (Wildman–Crippen LogP) is 4.96. The van der Waals surface area contributed by atoms with Gasteiger partial charge in [-0.3, -0.25) is 14.4 Å². The Bertz CT molecular complexity index is 1740. The fourth-order valence-corrected chi connectivity index (χ4v) is 4.54. The van der Waals surface area contributed by atoms with Gasteiger partial charge in [0.05, 0.1) is 32.8 Å². The molecule has 0 saturated carbocycles. The zero-order chi connectivity index (χ0) is 30.1. The summed E-state index contributed by atoms with van der Waals surface area (Å²) in [6.07, 6.45) is 3.13. The normalized spacial score (nSPS) is 10.6. The molecular weight excluding hydrogens is 556 g/mol. The summed E-state index contributed by atoms with van der Waals surface area (Å²) in [4.78, 5) is 44.7. The highest BCUT2D eigenvalue weighted by atomic mass is 32.2. The van der Waals surface area contributed by atoms with Gasteiger partial charge in [0.1, 0.15) is 17.4 Å². The molecule has 1 amide bonds. The molecule has 4 rings (SSSR count). The lowest BCUT2D eigenvalue weighted by Crippen LogP contribution is -2.17. The van der Waals surface area contributed by atoms with Gasteiger partial charge in [0.25, 0.3) is 5.56 Å². The van der Waals surface area contributed by atoms with E-state index in [0.29, 0.717) is 34.1 Å². The van der Waals surface area contributed by atoms with Crippen molar-refractivity contribution >= 4 is 35.2 Å². The van der Waals surface area contributed by atoms with Crippen molar-refractivity contribution in [3.8, 4) is 34.6 Å². The first-order chi connectivity index (χ1) is 20.3. The topological polar surface area (TPSA) is 143 Å². The van der Waals surface area contributed by atoms with E-state index >= 15 is 0 Å². The van der Waals surface area contributed by atoms with Crippen molar-refractivity contribution in [3.05, 3.63) is 99.9 Å². The number of carbonyl (C=O) groups excluding carboxylic acids is 2. The number of amides is 1. The number of nitrogens with one attached hydrogen (secondary N) is 2. The van der Waals surface area contributed by atoms with Crippen LogP contribution in [-0.4, -0.2) is 48.7 Å². The molecule has 0 atom stereocenters. The molecule has 0 aliphatic rings. The average molecular weight is 583 g/mol. The highest BCUT2D eigenvalue weighted by molar-refractivity contribution is 7.99. The number of rotatable bonds is 11. The van der Waals surface area contributed by atoms with Gasteiger partial charge in [0, 0.05) is 16.8 Å². The molecule has 10 nitrogen and oxygen atoms in total. The number of ether oxygens (including phenoxy) is 3. The van der Waals surface area contributed by atoms with E-state index in [4.69, 9.17) is 14.2 Å². The van der Waals surface area contributed by atoms with Crippen LogP contribution in [0.1, 0.15) is 21.5 Å². The molecule has 0 aliphatic carbocycles. The maximum Gasteiger partial charge on any atom is 0.270 e. The molecule has 0 radical (unpaired) electrons. The first-order valence-electron chi connectivity index (χ1n) is 12.5. The largest absolute Gasteiger partial charge is 0.497 e. The number of nitriles is 1. The third-order valence-electron chi connectivity index (χ3n) is 5.98. The Kier molecular flexibility index (Phi) is 9.76. The number of thioether (sulfide) groups is 1. The van der Waals surface area contributed by atoms with E-state index in [2.05, 4.69) is 15.3 Å². The predicted molar refractivity (Wildman–Crippen MR) is 160 cm³/mol. The van der Waals surface area contributed by atoms with Crippen molar-refractivity contribution in [1.29, 1.82) is 5.26 Å². The number of aromatic nitrogens is 2. The van der Waals surface area contributed by atoms with Crippen molar-refractivity contribution in [2.24, 2.45) is 0 Å². The van der Waals surface area contributed by atoms with Crippen LogP contribution in [-0.2, 0) is 4.79 Å². The molecule has 0 saturated heterocycles. The van der Waals surface area contributed by atoms with Gasteiger partial charge in [0.2, 0.25) is 5.91 Å². The highest BCUT2D eigenvalue weighted by Crippen LogP contribution is 2.28. The molecular formula is C31H26N4O6S. The van der Waals surface area contributed by atoms with Crippen LogP contribution < -0.4 is 25.1 Å². The summed E-state index contributed by atoms with van der Waals surface area (Å²) in [7, 11) is 4.61. The Morgan fingerprint density at radius 3 is 2.45 bits per heavy atom. The lowest BCUT2D eigenvalue weighted by atomic mass is 10.1. The lowest BCUT2D eigenvalue weighted by Gasteiger charge is -2.08. The molecule has 212 valence electrons. The molecule has 0 bridgehead atoms. The maximum atomic E-state index is 12.6. The van der Waals surface area contributed by atoms with Crippen LogP contribution in [0.5, 0.6) is 17.2 Å². The zero-order valence-electron chi connectivity index (χ0n) is 23.0. The van der Waals surface area contributed by atoms with Crippen LogP contribution in [0.3, 0.4) is 0 Å².